The van der Waals surface area contributed by atoms with Crippen LogP contribution in [0.15, 0.2) is 66.0 Å². The highest BCUT2D eigenvalue weighted by Crippen LogP contribution is 2.33. The Labute approximate surface area is 178 Å². The molecule has 0 spiro atoms. The minimum absolute atomic E-state index is 0.117. The maximum atomic E-state index is 13.4. The van der Waals surface area contributed by atoms with Gasteiger partial charge in [-0.1, -0.05) is 30.3 Å². The molecule has 7 heteroatoms. The van der Waals surface area contributed by atoms with E-state index in [1.807, 2.05) is 35.7 Å². The average molecular weight is 424 g/mol. The number of nitrogens with one attached hydrogen (secondary N) is 1. The van der Waals surface area contributed by atoms with Crippen LogP contribution in [0.2, 0.25) is 0 Å². The van der Waals surface area contributed by atoms with Crippen molar-refractivity contribution in [3.63, 3.8) is 0 Å². The number of anilines is 1. The summed E-state index contributed by atoms with van der Waals surface area (Å²) >= 11 is 1.52. The standard InChI is InChI=1S/C23H21FN2O3S/c1-29-19-6-3-2-5-18(19)26-14-16(13-21(26)27)23(28)25-22(20-7-4-12-30-20)15-8-10-17(24)11-9-15/h2-12,16,22H,13-14H2,1H3,(H,25,28). The third-order valence-corrected chi connectivity index (χ3v) is 6.13. The van der Waals surface area contributed by atoms with Gasteiger partial charge in [0.25, 0.3) is 0 Å². The van der Waals surface area contributed by atoms with Gasteiger partial charge in [-0.05, 0) is 41.3 Å². The van der Waals surface area contributed by atoms with Crippen LogP contribution in [0.25, 0.3) is 0 Å². The van der Waals surface area contributed by atoms with E-state index in [0.29, 0.717) is 11.4 Å². The number of para-hydroxylation sites is 2. The van der Waals surface area contributed by atoms with Crippen LogP contribution in [-0.2, 0) is 9.59 Å². The summed E-state index contributed by atoms with van der Waals surface area (Å²) < 4.78 is 18.7. The van der Waals surface area contributed by atoms with Crippen molar-refractivity contribution in [2.75, 3.05) is 18.6 Å². The van der Waals surface area contributed by atoms with Gasteiger partial charge in [-0.3, -0.25) is 9.59 Å². The molecule has 1 saturated heterocycles. The molecule has 1 aliphatic heterocycles. The van der Waals surface area contributed by atoms with E-state index in [0.717, 1.165) is 10.4 Å². The summed E-state index contributed by atoms with van der Waals surface area (Å²) in [5.41, 5.74) is 1.45. The van der Waals surface area contributed by atoms with E-state index in [-0.39, 0.29) is 30.6 Å². The van der Waals surface area contributed by atoms with Crippen LogP contribution >= 0.6 is 11.3 Å². The summed E-state index contributed by atoms with van der Waals surface area (Å²) in [6.07, 6.45) is 0.129. The van der Waals surface area contributed by atoms with Gasteiger partial charge in [0.2, 0.25) is 11.8 Å². The first-order valence-corrected chi connectivity index (χ1v) is 10.5. The van der Waals surface area contributed by atoms with Crippen molar-refractivity contribution in [2.45, 2.75) is 12.5 Å². The van der Waals surface area contributed by atoms with E-state index in [9.17, 15) is 14.0 Å². The highest BCUT2D eigenvalue weighted by Gasteiger charge is 2.37. The molecule has 1 fully saturated rings. The largest absolute Gasteiger partial charge is 0.495 e. The number of benzene rings is 2. The van der Waals surface area contributed by atoms with Gasteiger partial charge >= 0.3 is 0 Å². The van der Waals surface area contributed by atoms with Gasteiger partial charge < -0.3 is 15.0 Å². The van der Waals surface area contributed by atoms with Gasteiger partial charge in [0.15, 0.2) is 0 Å². The van der Waals surface area contributed by atoms with Crippen molar-refractivity contribution >= 4 is 28.8 Å². The number of hydrogen-bond acceptors (Lipinski definition) is 4. The van der Waals surface area contributed by atoms with Crippen LogP contribution in [0.3, 0.4) is 0 Å². The molecule has 3 aromatic rings. The van der Waals surface area contributed by atoms with E-state index in [1.165, 1.54) is 23.5 Å². The molecule has 2 atom stereocenters. The maximum Gasteiger partial charge on any atom is 0.227 e. The molecule has 5 nitrogen and oxygen atoms in total. The third kappa shape index (κ3) is 4.07. The lowest BCUT2D eigenvalue weighted by Crippen LogP contribution is -2.35. The molecular weight excluding hydrogens is 403 g/mol. The number of hydrogen-bond donors (Lipinski definition) is 1. The van der Waals surface area contributed by atoms with Crippen LogP contribution in [-0.4, -0.2) is 25.5 Å². The van der Waals surface area contributed by atoms with Gasteiger partial charge in [0.1, 0.15) is 11.6 Å². The fourth-order valence-corrected chi connectivity index (χ4v) is 4.46. The van der Waals surface area contributed by atoms with Crippen molar-refractivity contribution in [1.82, 2.24) is 5.32 Å². The van der Waals surface area contributed by atoms with E-state index >= 15 is 0 Å². The van der Waals surface area contributed by atoms with Gasteiger partial charge in [-0.2, -0.15) is 0 Å². The van der Waals surface area contributed by atoms with Crippen molar-refractivity contribution < 1.29 is 18.7 Å². The second-order valence-corrected chi connectivity index (χ2v) is 8.07. The molecule has 0 bridgehead atoms. The Kier molecular flexibility index (Phi) is 5.81. The van der Waals surface area contributed by atoms with E-state index in [2.05, 4.69) is 5.32 Å². The maximum absolute atomic E-state index is 13.4. The molecule has 0 radical (unpaired) electrons. The zero-order valence-electron chi connectivity index (χ0n) is 16.4. The summed E-state index contributed by atoms with van der Waals surface area (Å²) in [6, 6.07) is 16.8. The number of thiophene rings is 1. The summed E-state index contributed by atoms with van der Waals surface area (Å²) in [7, 11) is 1.55. The van der Waals surface area contributed by atoms with Crippen LogP contribution in [0, 0.1) is 11.7 Å². The summed E-state index contributed by atoms with van der Waals surface area (Å²) in [5.74, 6) is -0.540. The fourth-order valence-electron chi connectivity index (χ4n) is 3.66. The molecule has 30 heavy (non-hydrogen) atoms. The molecule has 1 N–H and O–H groups in total. The first-order valence-electron chi connectivity index (χ1n) is 9.59. The third-order valence-electron chi connectivity index (χ3n) is 5.19. The van der Waals surface area contributed by atoms with Crippen molar-refractivity contribution in [3.8, 4) is 5.75 Å². The lowest BCUT2D eigenvalue weighted by Gasteiger charge is -2.21. The SMILES string of the molecule is COc1ccccc1N1CC(C(=O)NC(c2ccc(F)cc2)c2cccs2)CC1=O. The quantitative estimate of drug-likeness (QED) is 0.647. The van der Waals surface area contributed by atoms with Crippen molar-refractivity contribution in [1.29, 1.82) is 0 Å². The molecule has 1 aliphatic rings. The number of carbonyl (C=O) groups excluding carboxylic acids is 2. The number of ether oxygens (including phenoxy) is 1. The molecule has 1 aromatic heterocycles. The highest BCUT2D eigenvalue weighted by atomic mass is 32.1. The molecule has 2 heterocycles. The topological polar surface area (TPSA) is 58.6 Å². The molecule has 4 rings (SSSR count). The summed E-state index contributed by atoms with van der Waals surface area (Å²) in [5, 5.41) is 4.99. The average Bonchev–Trinajstić information content (AvgIpc) is 3.42. The van der Waals surface area contributed by atoms with Crippen LogP contribution in [0.4, 0.5) is 10.1 Å². The van der Waals surface area contributed by atoms with Crippen LogP contribution in [0.1, 0.15) is 22.9 Å². The van der Waals surface area contributed by atoms with E-state index in [1.54, 1.807) is 30.2 Å². The molecular formula is C23H21FN2O3S. The molecule has 2 aromatic carbocycles. The second kappa shape index (κ2) is 8.67. The zero-order chi connectivity index (χ0) is 21.1. The van der Waals surface area contributed by atoms with Gasteiger partial charge in [0, 0.05) is 17.8 Å². The number of rotatable bonds is 6. The Balaban J connectivity index is 1.53. The lowest BCUT2D eigenvalue weighted by molar-refractivity contribution is -0.126. The van der Waals surface area contributed by atoms with Crippen LogP contribution in [0.5, 0.6) is 5.75 Å². The number of methoxy groups -OCH3 is 1. The Hall–Kier alpha value is -3.19. The van der Waals surface area contributed by atoms with E-state index in [4.69, 9.17) is 4.74 Å². The monoisotopic (exact) mass is 424 g/mol. The summed E-state index contributed by atoms with van der Waals surface area (Å²) in [6.45, 7) is 0.283. The molecule has 2 unspecified atom stereocenters. The molecule has 2 amide bonds. The number of nitrogens with zero attached hydrogens (tertiary/aromatic N) is 1. The second-order valence-electron chi connectivity index (χ2n) is 7.09. The van der Waals surface area contributed by atoms with Crippen LogP contribution < -0.4 is 15.0 Å². The first-order chi connectivity index (χ1) is 14.6. The predicted octanol–water partition coefficient (Wildman–Crippen LogP) is 4.15. The van der Waals surface area contributed by atoms with Crippen molar-refractivity contribution in [3.05, 3.63) is 82.3 Å². The number of carbonyl (C=O) groups is 2. The Morgan fingerprint density at radius 3 is 2.63 bits per heavy atom. The zero-order valence-corrected chi connectivity index (χ0v) is 17.2. The lowest BCUT2D eigenvalue weighted by atomic mass is 10.0. The van der Waals surface area contributed by atoms with Gasteiger partial charge in [-0.25, -0.2) is 4.39 Å². The molecule has 154 valence electrons. The highest BCUT2D eigenvalue weighted by molar-refractivity contribution is 7.10. The number of halogens is 1. The number of amides is 2. The van der Waals surface area contributed by atoms with Gasteiger partial charge in [-0.15, -0.1) is 11.3 Å². The van der Waals surface area contributed by atoms with Gasteiger partial charge in [0.05, 0.1) is 24.8 Å². The minimum atomic E-state index is -0.481. The molecule has 0 aliphatic carbocycles. The Bertz CT molecular complexity index is 1040. The molecule has 0 saturated carbocycles. The fraction of sp³-hybridized carbons (Fsp3) is 0.217. The smallest absolute Gasteiger partial charge is 0.227 e. The first kappa shape index (κ1) is 20.1. The van der Waals surface area contributed by atoms with E-state index < -0.39 is 12.0 Å². The Morgan fingerprint density at radius 2 is 1.93 bits per heavy atom. The minimum Gasteiger partial charge on any atom is -0.495 e. The Morgan fingerprint density at radius 1 is 1.17 bits per heavy atom. The summed E-state index contributed by atoms with van der Waals surface area (Å²) in [4.78, 5) is 28.3. The predicted molar refractivity (Wildman–Crippen MR) is 114 cm³/mol. The normalized spacial score (nSPS) is 17.1. The van der Waals surface area contributed by atoms with Crippen molar-refractivity contribution in [2.24, 2.45) is 5.92 Å².